The number of rotatable bonds is 9. The number of nitrogen functional groups attached to an aromatic ring is 1. The first-order valence-electron chi connectivity index (χ1n) is 16.6. The van der Waals surface area contributed by atoms with Crippen molar-refractivity contribution in [3.63, 3.8) is 0 Å². The van der Waals surface area contributed by atoms with E-state index in [0.29, 0.717) is 0 Å². The first-order valence-corrected chi connectivity index (χ1v) is 18.2. The molecule has 0 aliphatic heterocycles. The van der Waals surface area contributed by atoms with Gasteiger partial charge < -0.3 is 31.2 Å². The largest absolute Gasteiger partial charge is 0.573 e. The van der Waals surface area contributed by atoms with Crippen LogP contribution in [0.4, 0.5) is 119 Å². The maximum Gasteiger partial charge on any atom is 0.573 e. The summed E-state index contributed by atoms with van der Waals surface area (Å²) in [5, 5.41) is 5.72. The van der Waals surface area contributed by atoms with Crippen LogP contribution in [0.15, 0.2) is 69.6 Å². The number of ether oxygens (including phenoxy) is 2. The highest BCUT2D eigenvalue weighted by molar-refractivity contribution is 9.11. The molecule has 0 unspecified atom stereocenters. The van der Waals surface area contributed by atoms with E-state index in [-0.39, 0.29) is 17.8 Å². The van der Waals surface area contributed by atoms with E-state index in [1.807, 2.05) is 0 Å². The molecule has 0 aromatic heterocycles. The van der Waals surface area contributed by atoms with Crippen LogP contribution in [0.3, 0.4) is 0 Å². The lowest BCUT2D eigenvalue weighted by Gasteiger charge is -2.31. The van der Waals surface area contributed by atoms with Gasteiger partial charge >= 0.3 is 48.8 Å². The van der Waals surface area contributed by atoms with Crippen LogP contribution in [0, 0.1) is 11.6 Å². The van der Waals surface area contributed by atoms with Gasteiger partial charge in [0.15, 0.2) is 23.1 Å². The maximum absolute atomic E-state index is 14.4. The van der Waals surface area contributed by atoms with Gasteiger partial charge in [0.05, 0.1) is 33.9 Å². The SMILES string of the molecule is CNc1cccc(C(=O)Nc2c(Br)cc(C(F)(C(F)(F)F)C(F)(F)F)cc2OC(F)(F)F)c1F.Nc1cccc(C(=O)Nc2c(Br)cc(C(F)(C(F)(F)F)C(F)(F)F)cc2OC(F)(F)F)c1F. The second kappa shape index (κ2) is 19.2. The average molecular weight is 1140 g/mol. The predicted molar refractivity (Wildman–Crippen MR) is 194 cm³/mol. The number of hydrogen-bond acceptors (Lipinski definition) is 6. The molecular weight excluding hydrogens is 1120 g/mol. The van der Waals surface area contributed by atoms with Gasteiger partial charge in [0, 0.05) is 27.1 Å². The third-order valence-electron chi connectivity index (χ3n) is 8.18. The Bertz CT molecular complexity index is 2460. The lowest BCUT2D eigenvalue weighted by molar-refractivity contribution is -0.349. The maximum atomic E-state index is 14.4. The fourth-order valence-electron chi connectivity index (χ4n) is 5.18. The normalized spacial score (nSPS) is 13.0. The van der Waals surface area contributed by atoms with E-state index in [1.165, 1.54) is 19.2 Å². The zero-order chi connectivity index (χ0) is 51.8. The number of alkyl halides is 20. The topological polar surface area (TPSA) is 115 Å². The van der Waals surface area contributed by atoms with Crippen molar-refractivity contribution in [1.29, 1.82) is 0 Å². The predicted octanol–water partition coefficient (Wildman–Crippen LogP) is 13.7. The first kappa shape index (κ1) is 55.8. The lowest BCUT2D eigenvalue weighted by atomic mass is 9.93. The van der Waals surface area contributed by atoms with Gasteiger partial charge in [-0.05, 0) is 80.4 Å². The monoisotopic (exact) mass is 1130 g/mol. The molecule has 0 aliphatic carbocycles. The third-order valence-corrected chi connectivity index (χ3v) is 9.43. The number of carbonyl (C=O) groups is 2. The van der Waals surface area contributed by atoms with Gasteiger partial charge in [0.2, 0.25) is 0 Å². The van der Waals surface area contributed by atoms with Crippen LogP contribution >= 0.6 is 31.9 Å². The summed E-state index contributed by atoms with van der Waals surface area (Å²) in [5.74, 6) is -9.12. The minimum absolute atomic E-state index is 0.139. The molecule has 4 aromatic carbocycles. The first-order chi connectivity index (χ1) is 30.1. The smallest absolute Gasteiger partial charge is 0.404 e. The van der Waals surface area contributed by atoms with Crippen LogP contribution in [-0.4, -0.2) is 56.3 Å². The summed E-state index contributed by atoms with van der Waals surface area (Å²) < 4.78 is 295. The van der Waals surface area contributed by atoms with E-state index < -0.39 is 144 Å². The van der Waals surface area contributed by atoms with E-state index in [9.17, 15) is 106 Å². The zero-order valence-electron chi connectivity index (χ0n) is 31.6. The molecule has 0 fully saturated rings. The van der Waals surface area contributed by atoms with Gasteiger partial charge in [-0.1, -0.05) is 12.1 Å². The molecule has 4 rings (SSSR count). The molecule has 0 radical (unpaired) electrons. The number of amides is 2. The number of carbonyl (C=O) groups excluding carboxylic acids is 2. The molecule has 0 spiro atoms. The summed E-state index contributed by atoms with van der Waals surface area (Å²) in [6, 6.07) is 4.80. The van der Waals surface area contributed by atoms with Crippen molar-refractivity contribution < 1.29 is 116 Å². The summed E-state index contributed by atoms with van der Waals surface area (Å²) in [4.78, 5) is 24.7. The van der Waals surface area contributed by atoms with E-state index in [0.717, 1.165) is 24.3 Å². The lowest BCUT2D eigenvalue weighted by Crippen LogP contribution is -2.50. The molecular formula is C35H18Br2F22N4O4. The minimum Gasteiger partial charge on any atom is -0.404 e. The Morgan fingerprint density at radius 1 is 0.522 bits per heavy atom. The third kappa shape index (κ3) is 12.1. The highest BCUT2D eigenvalue weighted by atomic mass is 79.9. The standard InChI is InChI=1S/C18H10BrF11N2O2.C17H8BrF11N2O2/c1-31-10-4-2-3-8(12(10)20)14(33)32-13-9(19)5-7(6-11(13)34-18(28,29)30)15(21,16(22,23)24)17(25,26)27;18-8-4-6(14(20,15(21,22)23)16(24,25)26)5-10(33-17(27,28)29)12(8)31-13(32)7-2-1-3-9(30)11(7)19/h2-6,31H,1H3,(H,32,33);1-5H,30H2,(H,31,32). The average Bonchev–Trinajstić information content (AvgIpc) is 3.14. The van der Waals surface area contributed by atoms with Crippen LogP contribution in [0.5, 0.6) is 11.5 Å². The summed E-state index contributed by atoms with van der Waals surface area (Å²) in [6.07, 6.45) is -38.0. The van der Waals surface area contributed by atoms with E-state index >= 15 is 0 Å². The molecule has 2 amide bonds. The Morgan fingerprint density at radius 2 is 0.851 bits per heavy atom. The van der Waals surface area contributed by atoms with Crippen molar-refractivity contribution in [3.8, 4) is 11.5 Å². The van der Waals surface area contributed by atoms with E-state index in [4.69, 9.17) is 5.73 Å². The van der Waals surface area contributed by atoms with Crippen molar-refractivity contribution in [2.45, 2.75) is 48.8 Å². The highest BCUT2D eigenvalue weighted by Gasteiger charge is 2.75. The summed E-state index contributed by atoms with van der Waals surface area (Å²) in [5.41, 5.74) is -16.3. The quantitative estimate of drug-likeness (QED) is 0.0981. The number of nitrogens with one attached hydrogen (secondary N) is 3. The molecule has 32 heteroatoms. The van der Waals surface area contributed by atoms with Crippen molar-refractivity contribution in [1.82, 2.24) is 0 Å². The molecule has 0 atom stereocenters. The second-order valence-corrected chi connectivity index (χ2v) is 14.3. The van der Waals surface area contributed by atoms with Gasteiger partial charge in [-0.3, -0.25) is 9.59 Å². The van der Waals surface area contributed by atoms with Crippen molar-refractivity contribution in [2.75, 3.05) is 28.7 Å². The van der Waals surface area contributed by atoms with Crippen molar-refractivity contribution >= 4 is 66.4 Å². The molecule has 5 N–H and O–H groups in total. The Hall–Kier alpha value is -5.56. The zero-order valence-corrected chi connectivity index (χ0v) is 34.7. The second-order valence-electron chi connectivity index (χ2n) is 12.6. The van der Waals surface area contributed by atoms with E-state index in [1.54, 1.807) is 10.6 Å². The number of halogens is 24. The summed E-state index contributed by atoms with van der Waals surface area (Å²) >= 11 is 4.79. The molecule has 0 saturated heterocycles. The van der Waals surface area contributed by atoms with Crippen LogP contribution in [-0.2, 0) is 11.3 Å². The van der Waals surface area contributed by atoms with E-state index in [2.05, 4.69) is 46.7 Å². The molecule has 8 nitrogen and oxygen atoms in total. The Morgan fingerprint density at radius 3 is 1.16 bits per heavy atom. The fourth-order valence-corrected chi connectivity index (χ4v) is 6.26. The van der Waals surface area contributed by atoms with Gasteiger partial charge in [0.25, 0.3) is 11.8 Å². The van der Waals surface area contributed by atoms with Gasteiger partial charge in [-0.25, -0.2) is 17.6 Å². The van der Waals surface area contributed by atoms with Crippen molar-refractivity contribution in [3.05, 3.63) is 103 Å². The van der Waals surface area contributed by atoms with Crippen LogP contribution < -0.4 is 31.2 Å². The Balaban J connectivity index is 0.000000355. The number of benzene rings is 4. The molecule has 4 aromatic rings. The molecule has 0 heterocycles. The minimum atomic E-state index is -6.64. The van der Waals surface area contributed by atoms with Gasteiger partial charge in [-0.2, -0.15) is 52.7 Å². The Labute approximate surface area is 374 Å². The van der Waals surface area contributed by atoms with Gasteiger partial charge in [-0.15, -0.1) is 26.3 Å². The fraction of sp³-hybridized carbons (Fsp3) is 0.257. The number of nitrogens with two attached hydrogens (primary N) is 1. The summed E-state index contributed by atoms with van der Waals surface area (Å²) in [7, 11) is 1.27. The molecule has 370 valence electrons. The molecule has 0 saturated carbocycles. The Kier molecular flexibility index (Phi) is 16.0. The molecule has 0 aliphatic rings. The van der Waals surface area contributed by atoms with Gasteiger partial charge in [0.1, 0.15) is 0 Å². The van der Waals surface area contributed by atoms with Crippen LogP contribution in [0.25, 0.3) is 0 Å². The number of anilines is 4. The molecule has 0 bridgehead atoms. The summed E-state index contributed by atoms with van der Waals surface area (Å²) in [6.45, 7) is 0. The van der Waals surface area contributed by atoms with Crippen LogP contribution in [0.2, 0.25) is 0 Å². The highest BCUT2D eigenvalue weighted by Crippen LogP contribution is 2.57. The molecule has 67 heavy (non-hydrogen) atoms. The number of hydrogen-bond donors (Lipinski definition) is 4. The van der Waals surface area contributed by atoms with Crippen LogP contribution in [0.1, 0.15) is 31.8 Å². The van der Waals surface area contributed by atoms with Crippen molar-refractivity contribution in [2.24, 2.45) is 0 Å².